The molecule has 2 aromatic heterocycles. The molecule has 6 nitrogen and oxygen atoms in total. The van der Waals surface area contributed by atoms with Crippen molar-refractivity contribution in [2.75, 3.05) is 5.32 Å². The van der Waals surface area contributed by atoms with Crippen LogP contribution < -0.4 is 5.32 Å². The van der Waals surface area contributed by atoms with E-state index in [9.17, 15) is 10.1 Å². The van der Waals surface area contributed by atoms with Crippen LogP contribution in [0.2, 0.25) is 0 Å². The highest BCUT2D eigenvalue weighted by Gasteiger charge is 2.18. The lowest BCUT2D eigenvalue weighted by atomic mass is 10.1. The largest absolute Gasteiger partial charge is 0.454 e. The number of fused-ring (bicyclic) bond motifs is 1. The van der Waals surface area contributed by atoms with Crippen LogP contribution in [0.3, 0.4) is 0 Å². The molecule has 0 radical (unpaired) electrons. The summed E-state index contributed by atoms with van der Waals surface area (Å²) in [5, 5.41) is 18.3. The first-order chi connectivity index (χ1) is 16.6. The third kappa shape index (κ3) is 4.10. The van der Waals surface area contributed by atoms with Crippen LogP contribution in [0.4, 0.5) is 5.69 Å². The molecule has 3 aromatic carbocycles. The van der Waals surface area contributed by atoms with E-state index in [4.69, 9.17) is 9.52 Å². The zero-order valence-corrected chi connectivity index (χ0v) is 18.4. The number of para-hydroxylation sites is 3. The summed E-state index contributed by atoms with van der Waals surface area (Å²) in [6, 6.07) is 28.7. The molecule has 1 N–H and O–H groups in total. The van der Waals surface area contributed by atoms with Crippen LogP contribution in [0, 0.1) is 18.3 Å². The summed E-state index contributed by atoms with van der Waals surface area (Å²) in [6.45, 7) is 1.90. The van der Waals surface area contributed by atoms with Crippen molar-refractivity contribution in [1.82, 2.24) is 9.78 Å². The highest BCUT2D eigenvalue weighted by molar-refractivity contribution is 6.10. The molecular weight excluding hydrogens is 424 g/mol. The minimum absolute atomic E-state index is 0.0341. The van der Waals surface area contributed by atoms with E-state index in [1.807, 2.05) is 91.9 Å². The lowest BCUT2D eigenvalue weighted by Crippen LogP contribution is -2.14. The van der Waals surface area contributed by atoms with E-state index < -0.39 is 5.91 Å². The van der Waals surface area contributed by atoms with Crippen LogP contribution >= 0.6 is 0 Å². The standard InChI is InChI=1S/C28H20N4O2/c1-19-9-5-7-13-24(19)30-28(33)21(17-29)15-22-18-32(23-11-3-2-4-12-23)31-27(22)26-16-20-10-6-8-14-25(20)34-26/h2-16,18H,1H3,(H,30,33). The van der Waals surface area contributed by atoms with Crippen molar-refractivity contribution in [3.05, 3.63) is 108 Å². The monoisotopic (exact) mass is 444 g/mol. The number of aromatic nitrogens is 2. The molecule has 0 bridgehead atoms. The van der Waals surface area contributed by atoms with Gasteiger partial charge in [-0.1, -0.05) is 54.6 Å². The Balaban J connectivity index is 1.59. The first-order valence-electron chi connectivity index (χ1n) is 10.8. The molecule has 5 aromatic rings. The number of hydrogen-bond donors (Lipinski definition) is 1. The maximum atomic E-state index is 12.9. The average molecular weight is 444 g/mol. The van der Waals surface area contributed by atoms with Crippen molar-refractivity contribution >= 4 is 28.6 Å². The Labute approximate surface area is 196 Å². The number of furan rings is 1. The third-order valence-electron chi connectivity index (χ3n) is 5.48. The van der Waals surface area contributed by atoms with E-state index in [0.29, 0.717) is 22.7 Å². The maximum absolute atomic E-state index is 12.9. The van der Waals surface area contributed by atoms with Gasteiger partial charge < -0.3 is 9.73 Å². The Morgan fingerprint density at radius 3 is 2.53 bits per heavy atom. The molecule has 2 heterocycles. The SMILES string of the molecule is Cc1ccccc1NC(=O)C(C#N)=Cc1cn(-c2ccccc2)nc1-c1cc2ccccc2o1. The summed E-state index contributed by atoms with van der Waals surface area (Å²) >= 11 is 0. The predicted molar refractivity (Wildman–Crippen MR) is 132 cm³/mol. The summed E-state index contributed by atoms with van der Waals surface area (Å²) in [5.41, 5.74) is 4.25. The van der Waals surface area contributed by atoms with Crippen LogP contribution in [0.5, 0.6) is 0 Å². The van der Waals surface area contributed by atoms with Crippen molar-refractivity contribution < 1.29 is 9.21 Å². The molecule has 1 amide bonds. The van der Waals surface area contributed by atoms with Crippen LogP contribution in [0.25, 0.3) is 34.2 Å². The van der Waals surface area contributed by atoms with Gasteiger partial charge in [-0.2, -0.15) is 10.4 Å². The zero-order chi connectivity index (χ0) is 23.5. The van der Waals surface area contributed by atoms with Gasteiger partial charge in [-0.25, -0.2) is 4.68 Å². The summed E-state index contributed by atoms with van der Waals surface area (Å²) in [5.74, 6) is 0.0681. The smallest absolute Gasteiger partial charge is 0.266 e. The molecule has 34 heavy (non-hydrogen) atoms. The Kier molecular flexibility index (Phi) is 5.51. The first-order valence-corrected chi connectivity index (χ1v) is 10.8. The number of hydrogen-bond acceptors (Lipinski definition) is 4. The molecule has 0 saturated heterocycles. The Hall–Kier alpha value is -4.89. The Morgan fingerprint density at radius 2 is 1.76 bits per heavy atom. The fourth-order valence-electron chi connectivity index (χ4n) is 3.70. The Morgan fingerprint density at radius 1 is 1.03 bits per heavy atom. The van der Waals surface area contributed by atoms with E-state index in [2.05, 4.69) is 5.32 Å². The molecule has 0 unspecified atom stereocenters. The van der Waals surface area contributed by atoms with Gasteiger partial charge >= 0.3 is 0 Å². The molecule has 5 rings (SSSR count). The Bertz CT molecular complexity index is 1540. The van der Waals surface area contributed by atoms with Gasteiger partial charge in [0.1, 0.15) is 22.9 Å². The topological polar surface area (TPSA) is 83.9 Å². The molecule has 0 atom stereocenters. The number of rotatable bonds is 5. The number of anilines is 1. The number of benzene rings is 3. The van der Waals surface area contributed by atoms with Gasteiger partial charge in [-0.3, -0.25) is 4.79 Å². The van der Waals surface area contributed by atoms with Crippen LogP contribution in [0.15, 0.2) is 101 Å². The first kappa shape index (κ1) is 21.0. The normalized spacial score (nSPS) is 11.4. The van der Waals surface area contributed by atoms with Gasteiger partial charge in [0.25, 0.3) is 5.91 Å². The minimum Gasteiger partial charge on any atom is -0.454 e. The number of nitrogens with zero attached hydrogens (tertiary/aromatic N) is 3. The minimum atomic E-state index is -0.486. The van der Waals surface area contributed by atoms with E-state index in [-0.39, 0.29) is 5.57 Å². The molecule has 0 spiro atoms. The second-order valence-corrected chi connectivity index (χ2v) is 7.80. The van der Waals surface area contributed by atoms with Gasteiger partial charge in [-0.15, -0.1) is 0 Å². The molecular formula is C28H20N4O2. The number of carbonyl (C=O) groups is 1. The van der Waals surface area contributed by atoms with Gasteiger partial charge in [0, 0.05) is 22.8 Å². The number of nitrogens with one attached hydrogen (secondary N) is 1. The fourth-order valence-corrected chi connectivity index (χ4v) is 3.70. The quantitative estimate of drug-likeness (QED) is 0.261. The summed E-state index contributed by atoms with van der Waals surface area (Å²) in [6.07, 6.45) is 3.33. The van der Waals surface area contributed by atoms with Crippen molar-refractivity contribution in [1.29, 1.82) is 5.26 Å². The summed E-state index contributed by atoms with van der Waals surface area (Å²) in [4.78, 5) is 12.9. The van der Waals surface area contributed by atoms with Crippen molar-refractivity contribution in [3.63, 3.8) is 0 Å². The van der Waals surface area contributed by atoms with E-state index >= 15 is 0 Å². The van der Waals surface area contributed by atoms with E-state index in [0.717, 1.165) is 22.2 Å². The molecule has 0 aliphatic rings. The van der Waals surface area contributed by atoms with Crippen LogP contribution in [-0.2, 0) is 4.79 Å². The maximum Gasteiger partial charge on any atom is 0.266 e. The molecule has 0 aliphatic heterocycles. The second kappa shape index (κ2) is 8.93. The second-order valence-electron chi connectivity index (χ2n) is 7.80. The molecule has 164 valence electrons. The number of amides is 1. The lowest BCUT2D eigenvalue weighted by molar-refractivity contribution is -0.112. The molecule has 6 heteroatoms. The fraction of sp³-hybridized carbons (Fsp3) is 0.0357. The molecule has 0 aliphatic carbocycles. The van der Waals surface area contributed by atoms with Gasteiger partial charge in [0.15, 0.2) is 5.76 Å². The van der Waals surface area contributed by atoms with Crippen molar-refractivity contribution in [2.24, 2.45) is 0 Å². The summed E-state index contributed by atoms with van der Waals surface area (Å²) < 4.78 is 7.75. The van der Waals surface area contributed by atoms with Crippen molar-refractivity contribution in [3.8, 4) is 23.2 Å². The number of carbonyl (C=O) groups excluding carboxylic acids is 1. The van der Waals surface area contributed by atoms with Crippen molar-refractivity contribution in [2.45, 2.75) is 6.92 Å². The summed E-state index contributed by atoms with van der Waals surface area (Å²) in [7, 11) is 0. The molecule has 0 fully saturated rings. The predicted octanol–water partition coefficient (Wildman–Crippen LogP) is 6.14. The number of aryl methyl sites for hydroxylation is 1. The molecule has 0 saturated carbocycles. The highest BCUT2D eigenvalue weighted by atomic mass is 16.3. The van der Waals surface area contributed by atoms with Crippen LogP contribution in [0.1, 0.15) is 11.1 Å². The van der Waals surface area contributed by atoms with Gasteiger partial charge in [-0.05, 0) is 48.9 Å². The van der Waals surface area contributed by atoms with Gasteiger partial charge in [0.05, 0.1) is 5.69 Å². The van der Waals surface area contributed by atoms with Crippen LogP contribution in [-0.4, -0.2) is 15.7 Å². The highest BCUT2D eigenvalue weighted by Crippen LogP contribution is 2.31. The third-order valence-corrected chi connectivity index (χ3v) is 5.48. The lowest BCUT2D eigenvalue weighted by Gasteiger charge is -2.07. The zero-order valence-electron chi connectivity index (χ0n) is 18.4. The van der Waals surface area contributed by atoms with E-state index in [1.165, 1.54) is 0 Å². The number of nitriles is 1. The van der Waals surface area contributed by atoms with Gasteiger partial charge in [0.2, 0.25) is 0 Å². The average Bonchev–Trinajstić information content (AvgIpc) is 3.48. The van der Waals surface area contributed by atoms with E-state index in [1.54, 1.807) is 23.0 Å².